The summed E-state index contributed by atoms with van der Waals surface area (Å²) in [6.07, 6.45) is 8.91. The normalized spacial score (nSPS) is 19.6. The highest BCUT2D eigenvalue weighted by Gasteiger charge is 2.39. The van der Waals surface area contributed by atoms with Gasteiger partial charge in [0.15, 0.2) is 0 Å². The van der Waals surface area contributed by atoms with Crippen LogP contribution in [0.2, 0.25) is 0 Å². The standard InChI is InChI=1S/C23H34N6O/c1-22(2)11-16(12-23(3,4)28-22)29(5)21(25)9-8-18(24)17-7-6-15(10-20(17)30)19-13-26-14-27-19/h6-10,13-14,16,28,30H,11-12,24-25H2,1-5H3,(H,26,27)/b18-8-,21-9+. The van der Waals surface area contributed by atoms with E-state index in [0.29, 0.717) is 23.1 Å². The molecule has 162 valence electrons. The molecule has 1 aliphatic rings. The van der Waals surface area contributed by atoms with Crippen molar-refractivity contribution < 1.29 is 5.11 Å². The third-order valence-electron chi connectivity index (χ3n) is 5.66. The molecule has 2 aromatic rings. The van der Waals surface area contributed by atoms with Crippen molar-refractivity contribution in [2.24, 2.45) is 11.5 Å². The van der Waals surface area contributed by atoms with Crippen LogP contribution >= 0.6 is 0 Å². The van der Waals surface area contributed by atoms with Gasteiger partial charge in [-0.05, 0) is 64.8 Å². The molecule has 30 heavy (non-hydrogen) atoms. The van der Waals surface area contributed by atoms with Crippen molar-refractivity contribution in [2.75, 3.05) is 7.05 Å². The van der Waals surface area contributed by atoms with Gasteiger partial charge in [0.2, 0.25) is 0 Å². The zero-order valence-corrected chi connectivity index (χ0v) is 18.5. The van der Waals surface area contributed by atoms with Crippen LogP contribution in [-0.4, -0.2) is 44.1 Å². The maximum Gasteiger partial charge on any atom is 0.125 e. The lowest BCUT2D eigenvalue weighted by atomic mass is 9.79. The Kier molecular flexibility index (Phi) is 5.85. The second-order valence-electron chi connectivity index (χ2n) is 9.47. The van der Waals surface area contributed by atoms with E-state index in [0.717, 1.165) is 24.1 Å². The molecule has 0 spiro atoms. The van der Waals surface area contributed by atoms with Crippen molar-refractivity contribution in [1.82, 2.24) is 20.2 Å². The second kappa shape index (κ2) is 8.07. The molecule has 0 amide bonds. The molecule has 2 heterocycles. The van der Waals surface area contributed by atoms with Gasteiger partial charge in [0.05, 0.1) is 17.8 Å². The van der Waals surface area contributed by atoms with Crippen LogP contribution in [0.3, 0.4) is 0 Å². The first-order chi connectivity index (χ1) is 14.0. The van der Waals surface area contributed by atoms with Crippen molar-refractivity contribution in [3.63, 3.8) is 0 Å². The van der Waals surface area contributed by atoms with Gasteiger partial charge < -0.3 is 31.8 Å². The zero-order valence-electron chi connectivity index (χ0n) is 18.5. The number of nitrogens with two attached hydrogens (primary N) is 2. The monoisotopic (exact) mass is 410 g/mol. The molecule has 0 aliphatic carbocycles. The first-order valence-electron chi connectivity index (χ1n) is 10.3. The number of hydrogen-bond donors (Lipinski definition) is 5. The van der Waals surface area contributed by atoms with E-state index in [2.05, 4.69) is 47.9 Å². The number of phenolic OH excluding ortho intramolecular Hbond substituents is 1. The molecule has 1 aliphatic heterocycles. The van der Waals surface area contributed by atoms with Crippen molar-refractivity contribution in [2.45, 2.75) is 57.7 Å². The van der Waals surface area contributed by atoms with Crippen LogP contribution in [-0.2, 0) is 0 Å². The summed E-state index contributed by atoms with van der Waals surface area (Å²) in [4.78, 5) is 9.22. The number of benzene rings is 1. The van der Waals surface area contributed by atoms with Gasteiger partial charge >= 0.3 is 0 Å². The predicted octanol–water partition coefficient (Wildman–Crippen LogP) is 3.12. The Bertz CT molecular complexity index is 927. The van der Waals surface area contributed by atoms with Crippen LogP contribution in [0, 0.1) is 0 Å². The lowest BCUT2D eigenvalue weighted by molar-refractivity contribution is 0.0981. The third kappa shape index (κ3) is 4.97. The Morgan fingerprint density at radius 3 is 2.40 bits per heavy atom. The minimum atomic E-state index is 0.0394. The number of aromatic nitrogens is 2. The third-order valence-corrected chi connectivity index (χ3v) is 5.66. The van der Waals surface area contributed by atoms with Crippen LogP contribution < -0.4 is 16.8 Å². The Morgan fingerprint density at radius 2 is 1.83 bits per heavy atom. The fraction of sp³-hybridized carbons (Fsp3) is 0.435. The fourth-order valence-corrected chi connectivity index (χ4v) is 4.49. The Labute approximate surface area is 178 Å². The van der Waals surface area contributed by atoms with Gasteiger partial charge in [0.1, 0.15) is 5.75 Å². The second-order valence-corrected chi connectivity index (χ2v) is 9.47. The largest absolute Gasteiger partial charge is 0.507 e. The highest BCUT2D eigenvalue weighted by atomic mass is 16.3. The zero-order chi connectivity index (χ0) is 22.1. The van der Waals surface area contributed by atoms with Crippen molar-refractivity contribution in [3.05, 3.63) is 54.3 Å². The number of hydrogen-bond acceptors (Lipinski definition) is 6. The van der Waals surface area contributed by atoms with Gasteiger partial charge in [-0.1, -0.05) is 6.07 Å². The Morgan fingerprint density at radius 1 is 1.17 bits per heavy atom. The van der Waals surface area contributed by atoms with Gasteiger partial charge in [-0.15, -0.1) is 0 Å². The van der Waals surface area contributed by atoms with E-state index < -0.39 is 0 Å². The number of aromatic amines is 1. The van der Waals surface area contributed by atoms with Crippen molar-refractivity contribution in [1.29, 1.82) is 0 Å². The summed E-state index contributed by atoms with van der Waals surface area (Å²) in [5, 5.41) is 14.1. The summed E-state index contributed by atoms with van der Waals surface area (Å²) in [5.74, 6) is 0.746. The highest BCUT2D eigenvalue weighted by molar-refractivity contribution is 5.73. The molecule has 1 saturated heterocycles. The smallest absolute Gasteiger partial charge is 0.125 e. The molecule has 7 heteroatoms. The van der Waals surface area contributed by atoms with E-state index >= 15 is 0 Å². The van der Waals surface area contributed by atoms with Gasteiger partial charge in [0.25, 0.3) is 0 Å². The van der Waals surface area contributed by atoms with Gasteiger partial charge in [-0.3, -0.25) is 0 Å². The molecular formula is C23H34N6O. The number of piperidine rings is 1. The summed E-state index contributed by atoms with van der Waals surface area (Å²) < 4.78 is 0. The number of rotatable bonds is 5. The predicted molar refractivity (Wildman–Crippen MR) is 122 cm³/mol. The molecule has 1 fully saturated rings. The summed E-state index contributed by atoms with van der Waals surface area (Å²) in [7, 11) is 2.02. The summed E-state index contributed by atoms with van der Waals surface area (Å²) in [5.41, 5.74) is 15.3. The number of nitrogens with one attached hydrogen (secondary N) is 2. The van der Waals surface area contributed by atoms with Crippen molar-refractivity contribution >= 4 is 5.70 Å². The molecule has 0 bridgehead atoms. The molecule has 3 rings (SSSR count). The molecule has 0 radical (unpaired) electrons. The van der Waals surface area contributed by atoms with Gasteiger partial charge in [-0.25, -0.2) is 4.98 Å². The summed E-state index contributed by atoms with van der Waals surface area (Å²) in [6, 6.07) is 5.65. The summed E-state index contributed by atoms with van der Waals surface area (Å²) >= 11 is 0. The van der Waals surface area contributed by atoms with E-state index in [1.54, 1.807) is 36.8 Å². The molecule has 0 atom stereocenters. The van der Waals surface area contributed by atoms with Crippen LogP contribution in [0.25, 0.3) is 17.0 Å². The topological polar surface area (TPSA) is 116 Å². The lowest BCUT2D eigenvalue weighted by Crippen LogP contribution is -2.61. The Balaban J connectivity index is 1.76. The van der Waals surface area contributed by atoms with E-state index in [1.807, 2.05) is 13.1 Å². The van der Waals surface area contributed by atoms with E-state index in [4.69, 9.17) is 11.5 Å². The number of phenols is 1. The van der Waals surface area contributed by atoms with E-state index in [-0.39, 0.29) is 16.8 Å². The first-order valence-corrected chi connectivity index (χ1v) is 10.3. The SMILES string of the molecule is CN(/C(N)=C/C=C(\N)c1ccc(-c2c[nH]cn2)cc1O)C1CC(C)(C)NC(C)(C)C1. The number of nitrogens with zero attached hydrogens (tertiary/aromatic N) is 2. The first kappa shape index (κ1) is 21.8. The van der Waals surface area contributed by atoms with E-state index in [1.165, 1.54) is 0 Å². The van der Waals surface area contributed by atoms with Crippen LogP contribution in [0.15, 0.2) is 48.7 Å². The molecule has 0 saturated carbocycles. The van der Waals surface area contributed by atoms with Gasteiger partial charge in [-0.2, -0.15) is 0 Å². The molecule has 7 nitrogen and oxygen atoms in total. The fourth-order valence-electron chi connectivity index (χ4n) is 4.49. The molecule has 1 aromatic heterocycles. The number of H-pyrrole nitrogens is 1. The van der Waals surface area contributed by atoms with Crippen LogP contribution in [0.4, 0.5) is 0 Å². The van der Waals surface area contributed by atoms with E-state index in [9.17, 15) is 5.11 Å². The molecule has 1 aromatic carbocycles. The van der Waals surface area contributed by atoms with Crippen LogP contribution in [0.1, 0.15) is 46.1 Å². The summed E-state index contributed by atoms with van der Waals surface area (Å²) in [6.45, 7) is 8.90. The lowest BCUT2D eigenvalue weighted by Gasteiger charge is -2.49. The Hall–Kier alpha value is -2.93. The minimum Gasteiger partial charge on any atom is -0.507 e. The van der Waals surface area contributed by atoms with Crippen molar-refractivity contribution in [3.8, 4) is 17.0 Å². The number of imidazole rings is 1. The number of allylic oxidation sites excluding steroid dienone is 2. The average Bonchev–Trinajstić information content (AvgIpc) is 3.17. The van der Waals surface area contributed by atoms with Gasteiger partial charge in [0, 0.05) is 47.2 Å². The molecule has 7 N–H and O–H groups in total. The molecule has 0 unspecified atom stereocenters. The highest BCUT2D eigenvalue weighted by Crippen LogP contribution is 2.32. The number of aromatic hydroxyl groups is 1. The molecular weight excluding hydrogens is 376 g/mol. The maximum atomic E-state index is 10.4. The maximum absolute atomic E-state index is 10.4. The quantitative estimate of drug-likeness (QED) is 0.484. The minimum absolute atomic E-state index is 0.0394. The average molecular weight is 411 g/mol. The van der Waals surface area contributed by atoms with Crippen LogP contribution in [0.5, 0.6) is 5.75 Å².